The number of hydrogen-bond acceptors (Lipinski definition) is 4. The maximum Gasteiger partial charge on any atom is 0.252 e. The average Bonchev–Trinajstić information content (AvgIpc) is 3.14. The van der Waals surface area contributed by atoms with Crippen LogP contribution in [0.5, 0.6) is 0 Å². The van der Waals surface area contributed by atoms with E-state index >= 15 is 0 Å². The molecule has 0 spiro atoms. The first-order valence-corrected chi connectivity index (χ1v) is 10.2. The maximum atomic E-state index is 12.9. The van der Waals surface area contributed by atoms with Crippen LogP contribution in [0.4, 0.5) is 5.82 Å². The highest BCUT2D eigenvalue weighted by Gasteiger charge is 2.21. The van der Waals surface area contributed by atoms with Gasteiger partial charge in [-0.05, 0) is 24.1 Å². The van der Waals surface area contributed by atoms with Crippen LogP contribution in [0.2, 0.25) is 0 Å². The van der Waals surface area contributed by atoms with E-state index in [2.05, 4.69) is 15.6 Å². The third kappa shape index (κ3) is 5.28. The number of imidazole rings is 1. The Morgan fingerprint density at radius 3 is 2.42 bits per heavy atom. The number of benzene rings is 1. The van der Waals surface area contributed by atoms with Gasteiger partial charge >= 0.3 is 0 Å². The molecule has 8 nitrogen and oxygen atoms in total. The van der Waals surface area contributed by atoms with Gasteiger partial charge < -0.3 is 10.6 Å². The fraction of sp³-hybridized carbons (Fsp3) is 0.304. The van der Waals surface area contributed by atoms with Gasteiger partial charge in [-0.1, -0.05) is 37.3 Å². The van der Waals surface area contributed by atoms with Gasteiger partial charge in [0.25, 0.3) is 5.91 Å². The predicted molar refractivity (Wildman–Crippen MR) is 119 cm³/mol. The Labute approximate surface area is 181 Å². The molecular formula is C23H27N5O3. The van der Waals surface area contributed by atoms with Crippen molar-refractivity contribution in [1.29, 1.82) is 0 Å². The maximum absolute atomic E-state index is 12.9. The van der Waals surface area contributed by atoms with E-state index in [1.165, 1.54) is 6.92 Å². The molecule has 3 amide bonds. The quantitative estimate of drug-likeness (QED) is 0.544. The molecule has 0 unspecified atom stereocenters. The summed E-state index contributed by atoms with van der Waals surface area (Å²) in [6, 6.07) is 13.0. The van der Waals surface area contributed by atoms with Gasteiger partial charge in [0.2, 0.25) is 11.8 Å². The first-order valence-electron chi connectivity index (χ1n) is 10.2. The van der Waals surface area contributed by atoms with Crippen LogP contribution in [-0.4, -0.2) is 47.2 Å². The molecule has 0 aliphatic carbocycles. The van der Waals surface area contributed by atoms with E-state index in [1.54, 1.807) is 34.7 Å². The summed E-state index contributed by atoms with van der Waals surface area (Å²) in [5.41, 5.74) is 2.83. The normalized spacial score (nSPS) is 10.7. The number of aromatic nitrogens is 2. The smallest absolute Gasteiger partial charge is 0.252 e. The van der Waals surface area contributed by atoms with Crippen molar-refractivity contribution < 1.29 is 14.4 Å². The molecule has 0 aliphatic heterocycles. The molecule has 3 rings (SSSR count). The Morgan fingerprint density at radius 1 is 1.03 bits per heavy atom. The molecule has 0 saturated carbocycles. The molecule has 162 valence electrons. The first-order chi connectivity index (χ1) is 14.9. The summed E-state index contributed by atoms with van der Waals surface area (Å²) >= 11 is 0. The minimum atomic E-state index is -0.261. The Hall–Kier alpha value is -3.68. The average molecular weight is 422 g/mol. The summed E-state index contributed by atoms with van der Waals surface area (Å²) in [6.45, 7) is 4.09. The van der Waals surface area contributed by atoms with Crippen LogP contribution in [0.3, 0.4) is 0 Å². The van der Waals surface area contributed by atoms with E-state index < -0.39 is 0 Å². The zero-order valence-corrected chi connectivity index (χ0v) is 18.0. The van der Waals surface area contributed by atoms with E-state index in [4.69, 9.17) is 0 Å². The van der Waals surface area contributed by atoms with Crippen LogP contribution in [0.1, 0.15) is 35.5 Å². The highest BCUT2D eigenvalue weighted by Crippen LogP contribution is 2.24. The number of anilines is 1. The second-order valence-corrected chi connectivity index (χ2v) is 7.24. The van der Waals surface area contributed by atoms with Crippen molar-refractivity contribution in [2.24, 2.45) is 0 Å². The first kappa shape index (κ1) is 22.0. The van der Waals surface area contributed by atoms with Crippen LogP contribution in [0, 0.1) is 0 Å². The van der Waals surface area contributed by atoms with Gasteiger partial charge in [0.05, 0.1) is 17.7 Å². The Morgan fingerprint density at radius 2 is 1.74 bits per heavy atom. The van der Waals surface area contributed by atoms with Crippen molar-refractivity contribution in [3.8, 4) is 0 Å². The van der Waals surface area contributed by atoms with Crippen molar-refractivity contribution in [2.45, 2.75) is 26.7 Å². The predicted octanol–water partition coefficient (Wildman–Crippen LogP) is 1.97. The van der Waals surface area contributed by atoms with Crippen LogP contribution in [-0.2, 0) is 22.4 Å². The van der Waals surface area contributed by atoms with Crippen molar-refractivity contribution in [2.75, 3.05) is 25.0 Å². The monoisotopic (exact) mass is 421 g/mol. The second kappa shape index (κ2) is 9.88. The number of amides is 3. The van der Waals surface area contributed by atoms with Crippen LogP contribution < -0.4 is 15.5 Å². The Bertz CT molecular complexity index is 1090. The molecular weight excluding hydrogens is 394 g/mol. The van der Waals surface area contributed by atoms with E-state index in [0.717, 1.165) is 11.3 Å². The number of carbonyl (C=O) groups is 3. The van der Waals surface area contributed by atoms with Crippen molar-refractivity contribution in [1.82, 2.24) is 20.0 Å². The number of hydrogen-bond donors (Lipinski definition) is 2. The SMILES string of the molecule is CCc1nc2ccc(C(=O)NCCNC(C)=O)cn2c1N(C)C(=O)Cc1ccccc1. The third-order valence-electron chi connectivity index (χ3n) is 4.93. The van der Waals surface area contributed by atoms with E-state index in [1.807, 2.05) is 37.3 Å². The van der Waals surface area contributed by atoms with Crippen LogP contribution in [0.25, 0.3) is 5.65 Å². The second-order valence-electron chi connectivity index (χ2n) is 7.24. The molecule has 0 atom stereocenters. The lowest BCUT2D eigenvalue weighted by Gasteiger charge is -2.18. The summed E-state index contributed by atoms with van der Waals surface area (Å²) in [5, 5.41) is 5.41. The molecule has 0 fully saturated rings. The number of aryl methyl sites for hydroxylation is 1. The van der Waals surface area contributed by atoms with Crippen LogP contribution in [0.15, 0.2) is 48.7 Å². The topological polar surface area (TPSA) is 95.8 Å². The minimum absolute atomic E-state index is 0.0622. The number of likely N-dealkylation sites (N-methyl/N-ethyl adjacent to an activating group) is 1. The van der Waals surface area contributed by atoms with Gasteiger partial charge in [0.1, 0.15) is 11.5 Å². The minimum Gasteiger partial charge on any atom is -0.355 e. The third-order valence-corrected chi connectivity index (χ3v) is 4.93. The fourth-order valence-corrected chi connectivity index (χ4v) is 3.33. The lowest BCUT2D eigenvalue weighted by molar-refractivity contribution is -0.119. The number of carbonyl (C=O) groups excluding carboxylic acids is 3. The molecule has 2 aromatic heterocycles. The summed E-state index contributed by atoms with van der Waals surface area (Å²) in [4.78, 5) is 42.6. The van der Waals surface area contributed by atoms with E-state index in [9.17, 15) is 14.4 Å². The van der Waals surface area contributed by atoms with Gasteiger partial charge in [0.15, 0.2) is 0 Å². The highest BCUT2D eigenvalue weighted by molar-refractivity contribution is 5.96. The largest absolute Gasteiger partial charge is 0.355 e. The molecule has 31 heavy (non-hydrogen) atoms. The lowest BCUT2D eigenvalue weighted by atomic mass is 10.1. The van der Waals surface area contributed by atoms with Gasteiger partial charge in [-0.2, -0.15) is 0 Å². The van der Waals surface area contributed by atoms with Gasteiger partial charge in [-0.25, -0.2) is 4.98 Å². The molecule has 3 aromatic rings. The molecule has 8 heteroatoms. The molecule has 1 aromatic carbocycles. The molecule has 2 N–H and O–H groups in total. The van der Waals surface area contributed by atoms with Crippen molar-refractivity contribution >= 4 is 29.2 Å². The molecule has 0 radical (unpaired) electrons. The Kier molecular flexibility index (Phi) is 7.02. The number of fused-ring (bicyclic) bond motifs is 1. The number of nitrogens with one attached hydrogen (secondary N) is 2. The molecule has 0 aliphatic rings. The Balaban J connectivity index is 1.84. The summed E-state index contributed by atoms with van der Waals surface area (Å²) in [5.74, 6) is 0.191. The molecule has 2 heterocycles. The van der Waals surface area contributed by atoms with Crippen molar-refractivity contribution in [3.63, 3.8) is 0 Å². The molecule has 0 bridgehead atoms. The number of pyridine rings is 1. The van der Waals surface area contributed by atoms with Gasteiger partial charge in [0, 0.05) is 33.3 Å². The van der Waals surface area contributed by atoms with Crippen molar-refractivity contribution in [3.05, 3.63) is 65.5 Å². The summed E-state index contributed by atoms with van der Waals surface area (Å²) in [6.07, 6.45) is 2.62. The van der Waals surface area contributed by atoms with E-state index in [0.29, 0.717) is 36.5 Å². The van der Waals surface area contributed by atoms with Gasteiger partial charge in [-0.3, -0.25) is 23.7 Å². The van der Waals surface area contributed by atoms with E-state index in [-0.39, 0.29) is 24.1 Å². The fourth-order valence-electron chi connectivity index (χ4n) is 3.33. The number of rotatable bonds is 8. The zero-order valence-electron chi connectivity index (χ0n) is 18.0. The van der Waals surface area contributed by atoms with Gasteiger partial charge in [-0.15, -0.1) is 0 Å². The van der Waals surface area contributed by atoms with Crippen LogP contribution >= 0.6 is 0 Å². The number of nitrogens with zero attached hydrogens (tertiary/aromatic N) is 3. The zero-order chi connectivity index (χ0) is 22.4. The lowest BCUT2D eigenvalue weighted by Crippen LogP contribution is -2.33. The highest BCUT2D eigenvalue weighted by atomic mass is 16.2. The molecule has 0 saturated heterocycles. The summed E-state index contributed by atoms with van der Waals surface area (Å²) in [7, 11) is 1.73. The standard InChI is InChI=1S/C23H27N5O3/c1-4-19-23(27(3)21(30)14-17-8-6-5-7-9-17)28-15-18(10-11-20(28)26-19)22(31)25-13-12-24-16(2)29/h5-11,15H,4,12-14H2,1-3H3,(H,24,29)(H,25,31). The summed E-state index contributed by atoms with van der Waals surface area (Å²) < 4.78 is 1.78.